The van der Waals surface area contributed by atoms with Crippen molar-refractivity contribution in [3.8, 4) is 5.75 Å². The number of halogens is 2. The summed E-state index contributed by atoms with van der Waals surface area (Å²) in [6, 6.07) is 7.51. The molecule has 2 rings (SSSR count). The Kier molecular flexibility index (Phi) is 4.37. The van der Waals surface area contributed by atoms with Crippen LogP contribution in [0.25, 0.3) is 0 Å². The smallest absolute Gasteiger partial charge is 0.342 e. The number of carbonyl (C=O) groups excluding carboxylic acids is 1. The topological polar surface area (TPSA) is 61.5 Å². The molecule has 0 spiro atoms. The second kappa shape index (κ2) is 6.21. The lowest BCUT2D eigenvalue weighted by Gasteiger charge is -2.10. The third kappa shape index (κ3) is 3.47. The van der Waals surface area contributed by atoms with Crippen LogP contribution in [0.15, 0.2) is 36.4 Å². The molecule has 0 fully saturated rings. The van der Waals surface area contributed by atoms with Crippen molar-refractivity contribution in [3.05, 3.63) is 59.2 Å². The summed E-state index contributed by atoms with van der Waals surface area (Å²) in [4.78, 5) is 11.9. The first-order valence-corrected chi connectivity index (χ1v) is 6.06. The van der Waals surface area contributed by atoms with Crippen molar-refractivity contribution in [3.63, 3.8) is 0 Å². The van der Waals surface area contributed by atoms with Crippen LogP contribution in [-0.4, -0.2) is 13.1 Å². The minimum absolute atomic E-state index is 0.0826. The van der Waals surface area contributed by atoms with Crippen LogP contribution in [0.4, 0.5) is 14.5 Å². The Balaban J connectivity index is 2.11. The summed E-state index contributed by atoms with van der Waals surface area (Å²) in [6.45, 7) is -0.307. The summed E-state index contributed by atoms with van der Waals surface area (Å²) in [5.74, 6) is -1.88. The zero-order chi connectivity index (χ0) is 15.4. The number of benzene rings is 2. The fourth-order valence-corrected chi connectivity index (χ4v) is 1.74. The molecule has 2 aromatic carbocycles. The molecule has 21 heavy (non-hydrogen) atoms. The Bertz CT molecular complexity index is 674. The van der Waals surface area contributed by atoms with E-state index in [-0.39, 0.29) is 23.5 Å². The second-order valence-electron chi connectivity index (χ2n) is 4.27. The first-order valence-electron chi connectivity index (χ1n) is 6.06. The van der Waals surface area contributed by atoms with Crippen LogP contribution in [-0.2, 0) is 11.3 Å². The van der Waals surface area contributed by atoms with Crippen LogP contribution in [0, 0.1) is 11.6 Å². The molecule has 110 valence electrons. The molecular formula is C15H13F2NO3. The zero-order valence-corrected chi connectivity index (χ0v) is 11.2. The Hall–Kier alpha value is -2.63. The van der Waals surface area contributed by atoms with Crippen molar-refractivity contribution < 1.29 is 23.0 Å². The van der Waals surface area contributed by atoms with Crippen LogP contribution in [0.1, 0.15) is 15.9 Å². The first-order chi connectivity index (χ1) is 10.0. The maximum absolute atomic E-state index is 13.4. The lowest BCUT2D eigenvalue weighted by atomic mass is 10.2. The standard InChI is InChI=1S/C15H13F2NO3/c1-20-14-7-11(18)4-5-12(14)15(19)21-8-9-2-3-10(16)6-13(9)17/h2-7H,8,18H2,1H3. The predicted octanol–water partition coefficient (Wildman–Crippen LogP) is 2.91. The summed E-state index contributed by atoms with van der Waals surface area (Å²) in [5, 5.41) is 0. The Morgan fingerprint density at radius 1 is 1.19 bits per heavy atom. The summed E-state index contributed by atoms with van der Waals surface area (Å²) >= 11 is 0. The number of ether oxygens (including phenoxy) is 2. The highest BCUT2D eigenvalue weighted by Gasteiger charge is 2.15. The number of esters is 1. The van der Waals surface area contributed by atoms with Crippen molar-refractivity contribution >= 4 is 11.7 Å². The summed E-state index contributed by atoms with van der Waals surface area (Å²) in [5.41, 5.74) is 6.28. The van der Waals surface area contributed by atoms with E-state index in [0.717, 1.165) is 12.1 Å². The van der Waals surface area contributed by atoms with Gasteiger partial charge in [0, 0.05) is 23.4 Å². The normalized spacial score (nSPS) is 10.2. The van der Waals surface area contributed by atoms with Crippen molar-refractivity contribution in [2.24, 2.45) is 0 Å². The van der Waals surface area contributed by atoms with E-state index in [0.29, 0.717) is 5.69 Å². The monoisotopic (exact) mass is 293 g/mol. The molecule has 2 aromatic rings. The Morgan fingerprint density at radius 2 is 1.95 bits per heavy atom. The van der Waals surface area contributed by atoms with E-state index >= 15 is 0 Å². The van der Waals surface area contributed by atoms with Gasteiger partial charge in [0.05, 0.1) is 7.11 Å². The molecule has 0 aromatic heterocycles. The second-order valence-corrected chi connectivity index (χ2v) is 4.27. The fraction of sp³-hybridized carbons (Fsp3) is 0.133. The van der Waals surface area contributed by atoms with E-state index in [1.165, 1.54) is 31.4 Å². The van der Waals surface area contributed by atoms with Gasteiger partial charge in [-0.15, -0.1) is 0 Å². The number of rotatable bonds is 4. The molecule has 0 unspecified atom stereocenters. The van der Waals surface area contributed by atoms with Gasteiger partial charge in [0.1, 0.15) is 29.6 Å². The average molecular weight is 293 g/mol. The number of nitrogen functional groups attached to an aromatic ring is 1. The minimum atomic E-state index is -0.771. The number of hydrogen-bond acceptors (Lipinski definition) is 4. The van der Waals surface area contributed by atoms with Gasteiger partial charge in [-0.2, -0.15) is 0 Å². The van der Waals surface area contributed by atoms with E-state index in [2.05, 4.69) is 0 Å². The molecule has 0 saturated carbocycles. The number of anilines is 1. The van der Waals surface area contributed by atoms with Crippen LogP contribution >= 0.6 is 0 Å². The van der Waals surface area contributed by atoms with Gasteiger partial charge in [-0.05, 0) is 24.3 Å². The fourth-order valence-electron chi connectivity index (χ4n) is 1.74. The zero-order valence-electron chi connectivity index (χ0n) is 11.2. The van der Waals surface area contributed by atoms with Gasteiger partial charge in [0.2, 0.25) is 0 Å². The Labute approximate surface area is 120 Å². The van der Waals surface area contributed by atoms with Crippen molar-refractivity contribution in [2.75, 3.05) is 12.8 Å². The highest BCUT2D eigenvalue weighted by Crippen LogP contribution is 2.23. The molecule has 0 radical (unpaired) electrons. The highest BCUT2D eigenvalue weighted by molar-refractivity contribution is 5.93. The van der Waals surface area contributed by atoms with Gasteiger partial charge in [0.25, 0.3) is 0 Å². The van der Waals surface area contributed by atoms with Gasteiger partial charge in [-0.25, -0.2) is 13.6 Å². The highest BCUT2D eigenvalue weighted by atomic mass is 19.1. The molecular weight excluding hydrogens is 280 g/mol. The van der Waals surface area contributed by atoms with Gasteiger partial charge in [0.15, 0.2) is 0 Å². The molecule has 0 aliphatic heterocycles. The van der Waals surface area contributed by atoms with Crippen molar-refractivity contribution in [2.45, 2.75) is 6.61 Å². The molecule has 0 bridgehead atoms. The summed E-state index contributed by atoms with van der Waals surface area (Å²) < 4.78 is 36.2. The minimum Gasteiger partial charge on any atom is -0.496 e. The van der Waals surface area contributed by atoms with E-state index in [1.807, 2.05) is 0 Å². The molecule has 0 heterocycles. The number of methoxy groups -OCH3 is 1. The number of nitrogens with two attached hydrogens (primary N) is 1. The van der Waals surface area contributed by atoms with Gasteiger partial charge < -0.3 is 15.2 Å². The molecule has 0 atom stereocenters. The van der Waals surface area contributed by atoms with E-state index < -0.39 is 17.6 Å². The molecule has 0 saturated heterocycles. The third-order valence-corrected chi connectivity index (χ3v) is 2.82. The largest absolute Gasteiger partial charge is 0.496 e. The average Bonchev–Trinajstić information content (AvgIpc) is 2.45. The summed E-state index contributed by atoms with van der Waals surface area (Å²) in [7, 11) is 1.39. The SMILES string of the molecule is COc1cc(N)ccc1C(=O)OCc1ccc(F)cc1F. The molecule has 0 aliphatic rings. The van der Waals surface area contributed by atoms with Crippen LogP contribution in [0.5, 0.6) is 5.75 Å². The number of carbonyl (C=O) groups is 1. The molecule has 2 N–H and O–H groups in total. The van der Waals surface area contributed by atoms with E-state index in [1.54, 1.807) is 0 Å². The van der Waals surface area contributed by atoms with E-state index in [4.69, 9.17) is 15.2 Å². The molecule has 0 amide bonds. The maximum Gasteiger partial charge on any atom is 0.342 e. The summed E-state index contributed by atoms with van der Waals surface area (Å²) in [6.07, 6.45) is 0. The number of hydrogen-bond donors (Lipinski definition) is 1. The van der Waals surface area contributed by atoms with Crippen LogP contribution < -0.4 is 10.5 Å². The third-order valence-electron chi connectivity index (χ3n) is 2.82. The molecule has 4 nitrogen and oxygen atoms in total. The predicted molar refractivity (Wildman–Crippen MR) is 72.9 cm³/mol. The van der Waals surface area contributed by atoms with Gasteiger partial charge >= 0.3 is 5.97 Å². The molecule has 6 heteroatoms. The lowest BCUT2D eigenvalue weighted by molar-refractivity contribution is 0.0465. The lowest BCUT2D eigenvalue weighted by Crippen LogP contribution is -2.08. The van der Waals surface area contributed by atoms with Crippen molar-refractivity contribution in [1.29, 1.82) is 0 Å². The maximum atomic E-state index is 13.4. The first kappa shape index (κ1) is 14.8. The van der Waals surface area contributed by atoms with Crippen LogP contribution in [0.2, 0.25) is 0 Å². The molecule has 0 aliphatic carbocycles. The van der Waals surface area contributed by atoms with Crippen molar-refractivity contribution in [1.82, 2.24) is 0 Å². The van der Waals surface area contributed by atoms with E-state index in [9.17, 15) is 13.6 Å². The van der Waals surface area contributed by atoms with Gasteiger partial charge in [-0.1, -0.05) is 0 Å². The van der Waals surface area contributed by atoms with Gasteiger partial charge in [-0.3, -0.25) is 0 Å². The quantitative estimate of drug-likeness (QED) is 0.695. The van der Waals surface area contributed by atoms with Crippen LogP contribution in [0.3, 0.4) is 0 Å². The Morgan fingerprint density at radius 3 is 2.62 bits per heavy atom.